The highest BCUT2D eigenvalue weighted by Gasteiger charge is 2.19. The molecule has 0 aliphatic rings. The van der Waals surface area contributed by atoms with Crippen LogP contribution >= 0.6 is 0 Å². The highest BCUT2D eigenvalue weighted by molar-refractivity contribution is 5.66. The van der Waals surface area contributed by atoms with E-state index in [4.69, 9.17) is 0 Å². The van der Waals surface area contributed by atoms with E-state index < -0.39 is 0 Å². The molecular formula is C16H20FN3. The Balaban J connectivity index is 2.61. The van der Waals surface area contributed by atoms with Crippen LogP contribution in [0.3, 0.4) is 0 Å². The van der Waals surface area contributed by atoms with Crippen LogP contribution in [0.15, 0.2) is 24.3 Å². The highest BCUT2D eigenvalue weighted by atomic mass is 19.1. The molecule has 4 heteroatoms. The Morgan fingerprint density at radius 1 is 1.10 bits per heavy atom. The summed E-state index contributed by atoms with van der Waals surface area (Å²) in [6.45, 7) is 8.10. The lowest BCUT2D eigenvalue weighted by Gasteiger charge is -2.19. The van der Waals surface area contributed by atoms with E-state index >= 15 is 0 Å². The Bertz CT molecular complexity index is 630. The molecule has 1 N–H and O–H groups in total. The highest BCUT2D eigenvalue weighted by Crippen LogP contribution is 2.27. The van der Waals surface area contributed by atoms with Gasteiger partial charge in [-0.15, -0.1) is 0 Å². The van der Waals surface area contributed by atoms with E-state index in [0.717, 1.165) is 28.5 Å². The maximum absolute atomic E-state index is 13.2. The number of rotatable bonds is 2. The topological polar surface area (TPSA) is 37.8 Å². The summed E-state index contributed by atoms with van der Waals surface area (Å²) in [5.74, 6) is 1.30. The molecule has 106 valence electrons. The molecule has 2 rings (SSSR count). The molecule has 20 heavy (non-hydrogen) atoms. The van der Waals surface area contributed by atoms with Gasteiger partial charge in [-0.3, -0.25) is 0 Å². The predicted octanol–water partition coefficient (Wildman–Crippen LogP) is 3.93. The van der Waals surface area contributed by atoms with Crippen LogP contribution in [0, 0.1) is 12.7 Å². The van der Waals surface area contributed by atoms with Crippen molar-refractivity contribution in [2.45, 2.75) is 33.1 Å². The van der Waals surface area contributed by atoms with Gasteiger partial charge in [0.1, 0.15) is 17.5 Å². The molecular weight excluding hydrogens is 253 g/mol. The van der Waals surface area contributed by atoms with Gasteiger partial charge in [0.25, 0.3) is 0 Å². The van der Waals surface area contributed by atoms with Gasteiger partial charge >= 0.3 is 0 Å². The van der Waals surface area contributed by atoms with Crippen LogP contribution in [0.1, 0.15) is 32.2 Å². The maximum atomic E-state index is 13.2. The van der Waals surface area contributed by atoms with Crippen LogP contribution < -0.4 is 5.32 Å². The first-order valence-electron chi connectivity index (χ1n) is 6.65. The van der Waals surface area contributed by atoms with Gasteiger partial charge < -0.3 is 5.32 Å². The molecule has 0 saturated carbocycles. The van der Waals surface area contributed by atoms with Gasteiger partial charge in [0.15, 0.2) is 0 Å². The van der Waals surface area contributed by atoms with E-state index in [1.54, 1.807) is 6.07 Å². The minimum Gasteiger partial charge on any atom is -0.373 e. The molecule has 1 heterocycles. The Morgan fingerprint density at radius 2 is 1.80 bits per heavy atom. The fourth-order valence-corrected chi connectivity index (χ4v) is 1.96. The molecule has 1 aromatic carbocycles. The van der Waals surface area contributed by atoms with Crippen molar-refractivity contribution >= 4 is 5.82 Å². The number of halogens is 1. The van der Waals surface area contributed by atoms with Gasteiger partial charge in [-0.2, -0.15) is 0 Å². The number of anilines is 1. The fraction of sp³-hybridized carbons (Fsp3) is 0.375. The number of aryl methyl sites for hydroxylation is 1. The smallest absolute Gasteiger partial charge is 0.136 e. The van der Waals surface area contributed by atoms with Crippen LogP contribution in [-0.4, -0.2) is 17.0 Å². The number of aromatic nitrogens is 2. The molecule has 0 bridgehead atoms. The second kappa shape index (κ2) is 5.19. The monoisotopic (exact) mass is 273 g/mol. The van der Waals surface area contributed by atoms with E-state index in [0.29, 0.717) is 0 Å². The number of nitrogens with zero attached hydrogens (tertiary/aromatic N) is 2. The first-order chi connectivity index (χ1) is 9.31. The third-order valence-corrected chi connectivity index (χ3v) is 3.12. The van der Waals surface area contributed by atoms with E-state index in [2.05, 4.69) is 36.1 Å². The molecule has 0 aliphatic heterocycles. The fourth-order valence-electron chi connectivity index (χ4n) is 1.96. The zero-order valence-corrected chi connectivity index (χ0v) is 12.6. The number of hydrogen-bond acceptors (Lipinski definition) is 3. The molecule has 0 saturated heterocycles. The van der Waals surface area contributed by atoms with E-state index in [1.807, 2.05) is 20.0 Å². The zero-order valence-electron chi connectivity index (χ0n) is 12.6. The van der Waals surface area contributed by atoms with E-state index in [1.165, 1.54) is 12.1 Å². The summed E-state index contributed by atoms with van der Waals surface area (Å²) in [5.41, 5.74) is 2.46. The maximum Gasteiger partial charge on any atom is 0.136 e. The summed E-state index contributed by atoms with van der Waals surface area (Å²) in [5, 5.41) is 3.06. The normalized spacial score (nSPS) is 11.5. The molecule has 0 atom stereocenters. The van der Waals surface area contributed by atoms with Gasteiger partial charge in [0.05, 0.1) is 5.69 Å². The zero-order chi connectivity index (χ0) is 14.9. The second-order valence-corrected chi connectivity index (χ2v) is 5.92. The van der Waals surface area contributed by atoms with Crippen molar-refractivity contribution in [1.29, 1.82) is 0 Å². The minimum absolute atomic E-state index is 0.143. The first kappa shape index (κ1) is 14.4. The second-order valence-electron chi connectivity index (χ2n) is 5.92. The minimum atomic E-state index is -0.231. The molecule has 1 aromatic heterocycles. The molecule has 0 aliphatic carbocycles. The van der Waals surface area contributed by atoms with Gasteiger partial charge in [-0.1, -0.05) is 20.8 Å². The van der Waals surface area contributed by atoms with Crippen LogP contribution in [0.4, 0.5) is 10.2 Å². The summed E-state index contributed by atoms with van der Waals surface area (Å²) in [4.78, 5) is 9.14. The molecule has 0 radical (unpaired) electrons. The standard InChI is InChI=1S/C16H20FN3/c1-10-8-11(17)6-7-12(10)13-9-14(18-5)20-15(19-13)16(2,3)4/h6-9H,1-5H3,(H,18,19,20). The first-order valence-corrected chi connectivity index (χ1v) is 6.65. The van der Waals surface area contributed by atoms with Crippen molar-refractivity contribution < 1.29 is 4.39 Å². The van der Waals surface area contributed by atoms with Crippen molar-refractivity contribution in [3.63, 3.8) is 0 Å². The number of nitrogens with one attached hydrogen (secondary N) is 1. The molecule has 0 unspecified atom stereocenters. The molecule has 3 nitrogen and oxygen atoms in total. The summed E-state index contributed by atoms with van der Waals surface area (Å²) in [6, 6.07) is 6.63. The van der Waals surface area contributed by atoms with E-state index in [-0.39, 0.29) is 11.2 Å². The molecule has 0 amide bonds. The molecule has 0 fully saturated rings. The lowest BCUT2D eigenvalue weighted by Crippen LogP contribution is -2.17. The van der Waals surface area contributed by atoms with Crippen LogP contribution in [0.5, 0.6) is 0 Å². The van der Waals surface area contributed by atoms with Crippen LogP contribution in [0.25, 0.3) is 11.3 Å². The van der Waals surface area contributed by atoms with Gasteiger partial charge in [0.2, 0.25) is 0 Å². The third kappa shape index (κ3) is 2.95. The molecule has 0 spiro atoms. The summed E-state index contributed by atoms with van der Waals surface area (Å²) in [7, 11) is 1.83. The Hall–Kier alpha value is -1.97. The van der Waals surface area contributed by atoms with Crippen molar-refractivity contribution in [2.75, 3.05) is 12.4 Å². The van der Waals surface area contributed by atoms with Crippen molar-refractivity contribution in [3.05, 3.63) is 41.5 Å². The number of benzene rings is 1. The lowest BCUT2D eigenvalue weighted by atomic mass is 9.95. The van der Waals surface area contributed by atoms with Crippen LogP contribution in [-0.2, 0) is 5.41 Å². The Kier molecular flexibility index (Phi) is 3.75. The van der Waals surface area contributed by atoms with Crippen molar-refractivity contribution in [3.8, 4) is 11.3 Å². The van der Waals surface area contributed by atoms with Crippen LogP contribution in [0.2, 0.25) is 0 Å². The quantitative estimate of drug-likeness (QED) is 0.901. The average molecular weight is 273 g/mol. The van der Waals surface area contributed by atoms with Gasteiger partial charge in [0, 0.05) is 24.1 Å². The summed E-state index contributed by atoms with van der Waals surface area (Å²) < 4.78 is 13.2. The Labute approximate surface area is 119 Å². The largest absolute Gasteiger partial charge is 0.373 e. The number of hydrogen-bond donors (Lipinski definition) is 1. The lowest BCUT2D eigenvalue weighted by molar-refractivity contribution is 0.547. The predicted molar refractivity (Wildman–Crippen MR) is 80.4 cm³/mol. The summed E-state index contributed by atoms with van der Waals surface area (Å²) in [6.07, 6.45) is 0. The van der Waals surface area contributed by atoms with Crippen molar-refractivity contribution in [2.24, 2.45) is 0 Å². The van der Waals surface area contributed by atoms with Gasteiger partial charge in [-0.05, 0) is 30.7 Å². The Morgan fingerprint density at radius 3 is 2.35 bits per heavy atom. The average Bonchev–Trinajstić information content (AvgIpc) is 2.37. The SMILES string of the molecule is CNc1cc(-c2ccc(F)cc2C)nc(C(C)(C)C)n1. The summed E-state index contributed by atoms with van der Waals surface area (Å²) >= 11 is 0. The molecule has 2 aromatic rings. The van der Waals surface area contributed by atoms with Gasteiger partial charge in [-0.25, -0.2) is 14.4 Å². The third-order valence-electron chi connectivity index (χ3n) is 3.12. The van der Waals surface area contributed by atoms with E-state index in [9.17, 15) is 4.39 Å². The van der Waals surface area contributed by atoms with Crippen molar-refractivity contribution in [1.82, 2.24) is 9.97 Å².